The molecule has 1 aliphatic rings. The normalized spacial score (nSPS) is 18.0. The van der Waals surface area contributed by atoms with Gasteiger partial charge in [-0.25, -0.2) is 4.79 Å². The molecule has 0 aromatic carbocycles. The lowest BCUT2D eigenvalue weighted by molar-refractivity contribution is -0.139. The van der Waals surface area contributed by atoms with Crippen molar-refractivity contribution in [3.63, 3.8) is 0 Å². The van der Waals surface area contributed by atoms with Gasteiger partial charge < -0.3 is 9.84 Å². The minimum Gasteiger partial charge on any atom is -0.480 e. The molecule has 1 fully saturated rings. The highest BCUT2D eigenvalue weighted by Crippen LogP contribution is 2.24. The minimum absolute atomic E-state index is 0.0513. The Morgan fingerprint density at radius 3 is 2.50 bits per heavy atom. The summed E-state index contributed by atoms with van der Waals surface area (Å²) in [4.78, 5) is 24.3. The van der Waals surface area contributed by atoms with E-state index in [0.29, 0.717) is 0 Å². The average Bonchev–Trinajstić information content (AvgIpc) is 2.36. The minimum atomic E-state index is -1.04. The predicted octanol–water partition coefficient (Wildman–Crippen LogP) is 2.64. The number of nitrogens with zero attached hydrogens (tertiary/aromatic N) is 1. The highest BCUT2D eigenvalue weighted by atomic mass is 16.6. The van der Waals surface area contributed by atoms with Crippen molar-refractivity contribution in [1.82, 2.24) is 4.90 Å². The molecule has 5 heteroatoms. The maximum absolute atomic E-state index is 12.1. The number of rotatable bonds is 3. The van der Waals surface area contributed by atoms with Crippen LogP contribution in [0.3, 0.4) is 0 Å². The summed E-state index contributed by atoms with van der Waals surface area (Å²) in [6, 6.07) is -0.0566. The maximum atomic E-state index is 12.1. The van der Waals surface area contributed by atoms with Gasteiger partial charge in [0.25, 0.3) is 0 Å². The quantitative estimate of drug-likeness (QED) is 0.845. The topological polar surface area (TPSA) is 66.8 Å². The van der Waals surface area contributed by atoms with Crippen LogP contribution in [0.15, 0.2) is 0 Å². The fourth-order valence-corrected chi connectivity index (χ4v) is 2.18. The number of hydrogen-bond donors (Lipinski definition) is 1. The zero-order valence-corrected chi connectivity index (χ0v) is 11.1. The number of amides is 1. The molecule has 104 valence electrons. The van der Waals surface area contributed by atoms with Gasteiger partial charge in [-0.3, -0.25) is 9.69 Å². The summed E-state index contributed by atoms with van der Waals surface area (Å²) in [5.74, 6) is -1.04. The summed E-state index contributed by atoms with van der Waals surface area (Å²) in [5.41, 5.74) is -0.886. The summed E-state index contributed by atoms with van der Waals surface area (Å²) in [5, 5.41) is 8.93. The fraction of sp³-hybridized carbons (Fsp3) is 0.846. The van der Waals surface area contributed by atoms with Crippen LogP contribution in [0.25, 0.3) is 0 Å². The summed E-state index contributed by atoms with van der Waals surface area (Å²) >= 11 is 0. The molecule has 1 aliphatic carbocycles. The van der Waals surface area contributed by atoms with Crippen LogP contribution in [0, 0.1) is 0 Å². The molecule has 0 radical (unpaired) electrons. The second-order valence-corrected chi connectivity index (χ2v) is 5.44. The molecule has 18 heavy (non-hydrogen) atoms. The highest BCUT2D eigenvalue weighted by molar-refractivity contribution is 5.77. The van der Waals surface area contributed by atoms with Gasteiger partial charge in [-0.15, -0.1) is 0 Å². The largest absolute Gasteiger partial charge is 0.480 e. The van der Waals surface area contributed by atoms with Crippen LogP contribution in [0.1, 0.15) is 54.2 Å². The van der Waals surface area contributed by atoms with Gasteiger partial charge in [0, 0.05) is 7.41 Å². The standard InChI is InChI=1S/C13H23NO4/c1-13(2,3)18-12(17)14(9-11(15)16)10-7-5-4-6-8-10/h10H,4-9H2,1-3H3,(H,15,16)/i1D. The Balaban J connectivity index is 2.72. The van der Waals surface area contributed by atoms with E-state index in [2.05, 4.69) is 0 Å². The van der Waals surface area contributed by atoms with Crippen LogP contribution in [-0.4, -0.2) is 40.3 Å². The third kappa shape index (κ3) is 4.94. The van der Waals surface area contributed by atoms with Gasteiger partial charge in [0.15, 0.2) is 0 Å². The molecule has 1 saturated carbocycles. The van der Waals surface area contributed by atoms with Crippen molar-refractivity contribution in [2.24, 2.45) is 0 Å². The second kappa shape index (κ2) is 6.07. The SMILES string of the molecule is [2H]CC(C)(C)OC(=O)N(CC(=O)O)C1CCCCC1. The Hall–Kier alpha value is -1.26. The van der Waals surface area contributed by atoms with E-state index in [1.54, 1.807) is 13.8 Å². The number of aliphatic carboxylic acids is 1. The van der Waals surface area contributed by atoms with E-state index in [0.717, 1.165) is 32.1 Å². The van der Waals surface area contributed by atoms with Crippen molar-refractivity contribution in [1.29, 1.82) is 0 Å². The van der Waals surface area contributed by atoms with E-state index in [1.807, 2.05) is 0 Å². The van der Waals surface area contributed by atoms with Gasteiger partial charge in [0.1, 0.15) is 12.1 Å². The average molecular weight is 258 g/mol. The first kappa shape index (κ1) is 13.2. The Morgan fingerprint density at radius 1 is 1.39 bits per heavy atom. The molecule has 1 rings (SSSR count). The highest BCUT2D eigenvalue weighted by Gasteiger charge is 2.30. The van der Waals surface area contributed by atoms with Gasteiger partial charge >= 0.3 is 12.1 Å². The van der Waals surface area contributed by atoms with Crippen molar-refractivity contribution in [2.75, 3.05) is 6.54 Å². The predicted molar refractivity (Wildman–Crippen MR) is 67.4 cm³/mol. The number of carboxylic acids is 1. The molecule has 0 aromatic heterocycles. The van der Waals surface area contributed by atoms with Crippen LogP contribution >= 0.6 is 0 Å². The van der Waals surface area contributed by atoms with Gasteiger partial charge in [-0.05, 0) is 33.6 Å². The van der Waals surface area contributed by atoms with E-state index in [9.17, 15) is 9.59 Å². The zero-order chi connectivity index (χ0) is 14.5. The van der Waals surface area contributed by atoms with Gasteiger partial charge in [0.05, 0.1) is 0 Å². The molecule has 0 aliphatic heterocycles. The molecule has 0 aromatic rings. The smallest absolute Gasteiger partial charge is 0.411 e. The molecule has 1 N–H and O–H groups in total. The lowest BCUT2D eigenvalue weighted by atomic mass is 9.94. The molecule has 0 unspecified atom stereocenters. The van der Waals surface area contributed by atoms with E-state index < -0.39 is 17.7 Å². The molecular formula is C13H23NO4. The molecule has 0 atom stereocenters. The van der Waals surface area contributed by atoms with Crippen LogP contribution in [0.4, 0.5) is 4.79 Å². The summed E-state index contributed by atoms with van der Waals surface area (Å²) in [6.45, 7) is 2.91. The summed E-state index contributed by atoms with van der Waals surface area (Å²) < 4.78 is 12.6. The molecule has 1 amide bonds. The van der Waals surface area contributed by atoms with E-state index >= 15 is 0 Å². The Morgan fingerprint density at radius 2 is 2.00 bits per heavy atom. The number of carbonyl (C=O) groups is 2. The Labute approximate surface area is 110 Å². The summed E-state index contributed by atoms with van der Waals surface area (Å²) in [6.07, 6.45) is 4.18. The van der Waals surface area contributed by atoms with Crippen LogP contribution in [0.5, 0.6) is 0 Å². The van der Waals surface area contributed by atoms with Crippen molar-refractivity contribution < 1.29 is 20.8 Å². The van der Waals surface area contributed by atoms with Crippen LogP contribution < -0.4 is 0 Å². The van der Waals surface area contributed by atoms with Crippen molar-refractivity contribution in [2.45, 2.75) is 64.5 Å². The zero-order valence-electron chi connectivity index (χ0n) is 12.1. The molecule has 5 nitrogen and oxygen atoms in total. The Kier molecular flexibility index (Phi) is 4.44. The first-order valence-corrected chi connectivity index (χ1v) is 6.36. The number of hydrogen-bond acceptors (Lipinski definition) is 3. The number of ether oxygens (including phenoxy) is 1. The van der Waals surface area contributed by atoms with E-state index in [1.165, 1.54) is 4.90 Å². The van der Waals surface area contributed by atoms with Gasteiger partial charge in [0.2, 0.25) is 0 Å². The van der Waals surface area contributed by atoms with Crippen molar-refractivity contribution >= 4 is 12.1 Å². The third-order valence-corrected chi connectivity index (χ3v) is 2.92. The molecule has 0 saturated heterocycles. The molecule has 0 bridgehead atoms. The summed E-state index contributed by atoms with van der Waals surface area (Å²) in [7, 11) is 0. The first-order valence-electron chi connectivity index (χ1n) is 7.07. The first-order chi connectivity index (χ1) is 8.85. The van der Waals surface area contributed by atoms with Crippen molar-refractivity contribution in [3.05, 3.63) is 0 Å². The van der Waals surface area contributed by atoms with Crippen LogP contribution in [0.2, 0.25) is 0 Å². The number of carbonyl (C=O) groups excluding carboxylic acids is 1. The van der Waals surface area contributed by atoms with E-state index in [-0.39, 0.29) is 19.5 Å². The molecular weight excluding hydrogens is 234 g/mol. The van der Waals surface area contributed by atoms with E-state index in [4.69, 9.17) is 11.2 Å². The Bertz CT molecular complexity index is 327. The van der Waals surface area contributed by atoms with Gasteiger partial charge in [-0.1, -0.05) is 19.3 Å². The second-order valence-electron chi connectivity index (χ2n) is 5.44. The van der Waals surface area contributed by atoms with Crippen molar-refractivity contribution in [3.8, 4) is 0 Å². The number of carboxylic acid groups (broad SMARTS) is 1. The molecule has 0 heterocycles. The third-order valence-electron chi connectivity index (χ3n) is 2.92. The maximum Gasteiger partial charge on any atom is 0.411 e. The lowest BCUT2D eigenvalue weighted by Gasteiger charge is -2.34. The van der Waals surface area contributed by atoms with Crippen LogP contribution in [-0.2, 0) is 9.53 Å². The fourth-order valence-electron chi connectivity index (χ4n) is 2.18. The molecule has 0 spiro atoms. The van der Waals surface area contributed by atoms with Gasteiger partial charge in [-0.2, -0.15) is 0 Å². The monoisotopic (exact) mass is 258 g/mol. The lowest BCUT2D eigenvalue weighted by Crippen LogP contribution is -2.46.